The predicted octanol–water partition coefficient (Wildman–Crippen LogP) is 2.05. The lowest BCUT2D eigenvalue weighted by Crippen LogP contribution is -2.49. The molecule has 2 aromatic carbocycles. The number of hydrazine groups is 1. The van der Waals surface area contributed by atoms with Gasteiger partial charge in [0.15, 0.2) is 11.7 Å². The third-order valence-corrected chi connectivity index (χ3v) is 3.18. The van der Waals surface area contributed by atoms with Gasteiger partial charge in [0.1, 0.15) is 5.75 Å². The summed E-state index contributed by atoms with van der Waals surface area (Å²) in [5, 5.41) is 2.78. The van der Waals surface area contributed by atoms with E-state index >= 15 is 0 Å². The fourth-order valence-corrected chi connectivity index (χ4v) is 2.03. The van der Waals surface area contributed by atoms with E-state index < -0.39 is 11.8 Å². The van der Waals surface area contributed by atoms with Gasteiger partial charge in [-0.2, -0.15) is 0 Å². The van der Waals surface area contributed by atoms with Crippen LogP contribution < -0.4 is 20.9 Å². The second-order valence-electron chi connectivity index (χ2n) is 4.57. The molecular weight excluding hydrogens is 350 g/mol. The van der Waals surface area contributed by atoms with Gasteiger partial charge in [-0.1, -0.05) is 35.9 Å². The van der Waals surface area contributed by atoms with Crippen molar-refractivity contribution in [3.63, 3.8) is 0 Å². The van der Waals surface area contributed by atoms with E-state index in [2.05, 4.69) is 16.2 Å². The molecule has 0 fully saturated rings. The number of amides is 2. The van der Waals surface area contributed by atoms with Crippen LogP contribution in [0.1, 0.15) is 10.4 Å². The van der Waals surface area contributed by atoms with Crippen LogP contribution in [0.15, 0.2) is 54.6 Å². The quantitative estimate of drug-likeness (QED) is 0.572. The standard InChI is InChI=1S/C16H14ClN3O3S/c17-12-6-4-5-11(9-12)15(22)19-20-16(24)18-14(21)10-23-13-7-2-1-3-8-13/h1-9H,10H2,(H,19,22)(H2,18,20,21,24). The molecule has 0 aliphatic heterocycles. The molecule has 8 heteroatoms. The number of benzene rings is 2. The Balaban J connectivity index is 1.72. The normalized spacial score (nSPS) is 9.71. The van der Waals surface area contributed by atoms with Gasteiger partial charge in [0.05, 0.1) is 0 Å². The molecule has 0 heterocycles. The van der Waals surface area contributed by atoms with Gasteiger partial charge in [0, 0.05) is 10.6 Å². The maximum atomic E-state index is 11.9. The number of para-hydroxylation sites is 1. The summed E-state index contributed by atoms with van der Waals surface area (Å²) in [5.41, 5.74) is 5.15. The first kappa shape index (κ1) is 17.7. The molecule has 2 amide bonds. The molecule has 0 unspecified atom stereocenters. The topological polar surface area (TPSA) is 79.5 Å². The van der Waals surface area contributed by atoms with Crippen LogP contribution in [-0.4, -0.2) is 23.5 Å². The Labute approximate surface area is 149 Å². The van der Waals surface area contributed by atoms with Crippen LogP contribution in [0.4, 0.5) is 0 Å². The molecule has 0 saturated carbocycles. The van der Waals surface area contributed by atoms with Crippen molar-refractivity contribution >= 4 is 40.7 Å². The molecule has 3 N–H and O–H groups in total. The molecule has 0 saturated heterocycles. The minimum Gasteiger partial charge on any atom is -0.484 e. The number of halogens is 1. The molecule has 0 radical (unpaired) electrons. The third-order valence-electron chi connectivity index (χ3n) is 2.74. The Morgan fingerprint density at radius 2 is 1.79 bits per heavy atom. The van der Waals surface area contributed by atoms with Crippen LogP contribution in [-0.2, 0) is 4.79 Å². The summed E-state index contributed by atoms with van der Waals surface area (Å²) >= 11 is 10.7. The van der Waals surface area contributed by atoms with Crippen molar-refractivity contribution in [3.05, 3.63) is 65.2 Å². The molecule has 0 aliphatic carbocycles. The number of nitrogens with one attached hydrogen (secondary N) is 3. The van der Waals surface area contributed by atoms with Gasteiger partial charge in [-0.25, -0.2) is 0 Å². The average molecular weight is 364 g/mol. The summed E-state index contributed by atoms with van der Waals surface area (Å²) in [6.45, 7) is -0.200. The van der Waals surface area contributed by atoms with Crippen molar-refractivity contribution < 1.29 is 14.3 Å². The number of ether oxygens (including phenoxy) is 1. The highest BCUT2D eigenvalue weighted by atomic mass is 35.5. The number of rotatable bonds is 4. The Morgan fingerprint density at radius 3 is 2.50 bits per heavy atom. The van der Waals surface area contributed by atoms with Crippen molar-refractivity contribution in [2.45, 2.75) is 0 Å². The zero-order chi connectivity index (χ0) is 17.4. The Bertz CT molecular complexity index is 740. The number of carbonyl (C=O) groups is 2. The van der Waals surface area contributed by atoms with E-state index in [1.165, 1.54) is 6.07 Å². The van der Waals surface area contributed by atoms with Gasteiger partial charge >= 0.3 is 0 Å². The molecule has 0 aromatic heterocycles. The summed E-state index contributed by atoms with van der Waals surface area (Å²) < 4.78 is 5.28. The van der Waals surface area contributed by atoms with Crippen molar-refractivity contribution in [1.82, 2.24) is 16.2 Å². The minimum absolute atomic E-state index is 0.0490. The molecule has 124 valence electrons. The lowest BCUT2D eigenvalue weighted by molar-refractivity contribution is -0.121. The maximum absolute atomic E-state index is 11.9. The molecule has 6 nitrogen and oxygen atoms in total. The van der Waals surface area contributed by atoms with E-state index in [0.29, 0.717) is 16.3 Å². The van der Waals surface area contributed by atoms with Crippen molar-refractivity contribution in [1.29, 1.82) is 0 Å². The van der Waals surface area contributed by atoms with E-state index in [4.69, 9.17) is 28.6 Å². The Hall–Kier alpha value is -2.64. The second-order valence-corrected chi connectivity index (χ2v) is 5.41. The fourth-order valence-electron chi connectivity index (χ4n) is 1.67. The van der Waals surface area contributed by atoms with Crippen molar-refractivity contribution in [2.75, 3.05) is 6.61 Å². The first-order chi connectivity index (χ1) is 11.5. The van der Waals surface area contributed by atoms with E-state index in [-0.39, 0.29) is 11.7 Å². The molecule has 0 atom stereocenters. The Morgan fingerprint density at radius 1 is 1.04 bits per heavy atom. The fraction of sp³-hybridized carbons (Fsp3) is 0.0625. The van der Waals surface area contributed by atoms with Gasteiger partial charge < -0.3 is 4.74 Å². The smallest absolute Gasteiger partial charge is 0.269 e. The molecule has 24 heavy (non-hydrogen) atoms. The zero-order valence-corrected chi connectivity index (χ0v) is 14.0. The van der Waals surface area contributed by atoms with Crippen molar-refractivity contribution in [2.24, 2.45) is 0 Å². The lowest BCUT2D eigenvalue weighted by atomic mass is 10.2. The minimum atomic E-state index is -0.451. The van der Waals surface area contributed by atoms with Crippen LogP contribution >= 0.6 is 23.8 Å². The van der Waals surface area contributed by atoms with Crippen molar-refractivity contribution in [3.8, 4) is 5.75 Å². The van der Waals surface area contributed by atoms with E-state index in [0.717, 1.165) is 0 Å². The first-order valence-electron chi connectivity index (χ1n) is 6.88. The second kappa shape index (κ2) is 8.85. The van der Waals surface area contributed by atoms with Gasteiger partial charge in [-0.15, -0.1) is 0 Å². The summed E-state index contributed by atoms with van der Waals surface area (Å²) in [7, 11) is 0. The molecule has 0 bridgehead atoms. The van der Waals surface area contributed by atoms with Crippen LogP contribution in [0.2, 0.25) is 5.02 Å². The number of carbonyl (C=O) groups excluding carboxylic acids is 2. The predicted molar refractivity (Wildman–Crippen MR) is 94.7 cm³/mol. The van der Waals surface area contributed by atoms with Gasteiger partial charge in [0.2, 0.25) is 0 Å². The zero-order valence-electron chi connectivity index (χ0n) is 12.4. The highest BCUT2D eigenvalue weighted by molar-refractivity contribution is 7.80. The van der Waals surface area contributed by atoms with Crippen LogP contribution in [0.5, 0.6) is 5.75 Å². The van der Waals surface area contributed by atoms with Crippen LogP contribution in [0.3, 0.4) is 0 Å². The third kappa shape index (κ3) is 5.86. The number of hydrogen-bond acceptors (Lipinski definition) is 4. The molecule has 0 spiro atoms. The SMILES string of the molecule is O=C(COc1ccccc1)NC(=S)NNC(=O)c1cccc(Cl)c1. The van der Waals surface area contributed by atoms with E-state index in [9.17, 15) is 9.59 Å². The highest BCUT2D eigenvalue weighted by Crippen LogP contribution is 2.10. The molecule has 2 rings (SSSR count). The summed E-state index contributed by atoms with van der Waals surface area (Å²) in [5.74, 6) is -0.316. The molecule has 0 aliphatic rings. The highest BCUT2D eigenvalue weighted by Gasteiger charge is 2.08. The monoisotopic (exact) mass is 363 g/mol. The first-order valence-corrected chi connectivity index (χ1v) is 7.67. The van der Waals surface area contributed by atoms with Gasteiger partial charge in [-0.05, 0) is 42.5 Å². The van der Waals surface area contributed by atoms with Gasteiger partial charge in [-0.3, -0.25) is 25.8 Å². The lowest BCUT2D eigenvalue weighted by Gasteiger charge is -2.11. The number of hydrogen-bond donors (Lipinski definition) is 3. The Kier molecular flexibility index (Phi) is 6.53. The summed E-state index contributed by atoms with van der Waals surface area (Å²) in [6, 6.07) is 15.3. The van der Waals surface area contributed by atoms with Crippen LogP contribution in [0.25, 0.3) is 0 Å². The van der Waals surface area contributed by atoms with E-state index in [1.807, 2.05) is 6.07 Å². The summed E-state index contributed by atoms with van der Waals surface area (Å²) in [6.07, 6.45) is 0. The van der Waals surface area contributed by atoms with Crippen LogP contribution in [0, 0.1) is 0 Å². The largest absolute Gasteiger partial charge is 0.484 e. The van der Waals surface area contributed by atoms with E-state index in [1.54, 1.807) is 42.5 Å². The summed E-state index contributed by atoms with van der Waals surface area (Å²) in [4.78, 5) is 23.6. The molecular formula is C16H14ClN3O3S. The van der Waals surface area contributed by atoms with Gasteiger partial charge in [0.25, 0.3) is 11.8 Å². The molecule has 2 aromatic rings. The average Bonchev–Trinajstić information content (AvgIpc) is 2.59. The maximum Gasteiger partial charge on any atom is 0.269 e. The number of thiocarbonyl (C=S) groups is 1.